The highest BCUT2D eigenvalue weighted by Gasteiger charge is 2.32. The van der Waals surface area contributed by atoms with Crippen LogP contribution < -0.4 is 14.8 Å². The van der Waals surface area contributed by atoms with Crippen LogP contribution in [0.5, 0.6) is 11.5 Å². The number of halogens is 1. The van der Waals surface area contributed by atoms with Gasteiger partial charge in [-0.15, -0.1) is 6.58 Å². The number of methoxy groups -OCH3 is 1. The minimum atomic E-state index is -0.569. The van der Waals surface area contributed by atoms with Crippen LogP contribution >= 0.6 is 23.8 Å². The van der Waals surface area contributed by atoms with Crippen molar-refractivity contribution in [2.45, 2.75) is 26.4 Å². The summed E-state index contributed by atoms with van der Waals surface area (Å²) in [4.78, 5) is 26.1. The summed E-state index contributed by atoms with van der Waals surface area (Å²) in [6.07, 6.45) is 3.73. The quantitative estimate of drug-likeness (QED) is 0.324. The molecule has 1 aromatic carbocycles. The fourth-order valence-electron chi connectivity index (χ4n) is 2.38. The summed E-state index contributed by atoms with van der Waals surface area (Å²) < 4.78 is 11.2. The maximum absolute atomic E-state index is 12.6. The van der Waals surface area contributed by atoms with Crippen molar-refractivity contribution in [2.24, 2.45) is 0 Å². The van der Waals surface area contributed by atoms with E-state index in [1.54, 1.807) is 12.1 Å². The Balaban J connectivity index is 2.44. The van der Waals surface area contributed by atoms with Crippen molar-refractivity contribution >= 4 is 46.8 Å². The molecule has 1 aromatic rings. The second kappa shape index (κ2) is 9.01. The van der Waals surface area contributed by atoms with Gasteiger partial charge in [0.2, 0.25) is 0 Å². The molecule has 1 fully saturated rings. The molecular formula is C19H21ClN2O4S. The van der Waals surface area contributed by atoms with E-state index >= 15 is 0 Å². The van der Waals surface area contributed by atoms with Crippen molar-refractivity contribution < 1.29 is 19.1 Å². The number of amides is 2. The van der Waals surface area contributed by atoms with Gasteiger partial charge in [0.1, 0.15) is 5.57 Å². The molecule has 0 aliphatic carbocycles. The van der Waals surface area contributed by atoms with Gasteiger partial charge in [-0.1, -0.05) is 24.6 Å². The van der Waals surface area contributed by atoms with Gasteiger partial charge in [-0.05, 0) is 49.3 Å². The van der Waals surface area contributed by atoms with E-state index in [4.69, 9.17) is 33.3 Å². The van der Waals surface area contributed by atoms with E-state index in [9.17, 15) is 9.59 Å². The zero-order chi connectivity index (χ0) is 20.1. The maximum Gasteiger partial charge on any atom is 0.265 e. The Morgan fingerprint density at radius 3 is 2.70 bits per heavy atom. The molecule has 27 heavy (non-hydrogen) atoms. The first-order chi connectivity index (χ1) is 12.8. The zero-order valence-electron chi connectivity index (χ0n) is 15.4. The van der Waals surface area contributed by atoms with Gasteiger partial charge in [-0.25, -0.2) is 0 Å². The Bertz CT molecular complexity index is 822. The number of rotatable bonds is 7. The fraction of sp³-hybridized carbons (Fsp3) is 0.316. The smallest absolute Gasteiger partial charge is 0.265 e. The monoisotopic (exact) mass is 408 g/mol. The molecule has 0 radical (unpaired) electrons. The molecule has 2 amide bonds. The van der Waals surface area contributed by atoms with Gasteiger partial charge in [0.25, 0.3) is 11.8 Å². The standard InChI is InChI=1S/C19H21ClN2O4S/c1-5-7-22-18(24)13(17(23)21-19(22)27)8-12-9-14(20)16(15(10-12)25-4)26-11(3)6-2/h5,8-11H,1,6-7H2,2-4H3,(H,21,23,27). The number of benzene rings is 1. The average molecular weight is 409 g/mol. The first-order valence-electron chi connectivity index (χ1n) is 8.36. The summed E-state index contributed by atoms with van der Waals surface area (Å²) in [5.41, 5.74) is 0.470. The predicted octanol–water partition coefficient (Wildman–Crippen LogP) is 3.34. The molecule has 1 aliphatic rings. The molecule has 144 valence electrons. The van der Waals surface area contributed by atoms with Crippen molar-refractivity contribution in [1.29, 1.82) is 0 Å². The third-order valence-corrected chi connectivity index (χ3v) is 4.56. The Kier molecular flexibility index (Phi) is 6.98. The molecule has 1 atom stereocenters. The number of carbonyl (C=O) groups excluding carboxylic acids is 2. The number of hydrogen-bond donors (Lipinski definition) is 1. The summed E-state index contributed by atoms with van der Waals surface area (Å²) in [6, 6.07) is 3.27. The first kappa shape index (κ1) is 20.9. The maximum atomic E-state index is 12.6. The molecule has 1 N–H and O–H groups in total. The van der Waals surface area contributed by atoms with E-state index < -0.39 is 11.8 Å². The second-order valence-corrected chi connectivity index (χ2v) is 6.69. The van der Waals surface area contributed by atoms with Gasteiger partial charge < -0.3 is 9.47 Å². The molecule has 8 heteroatoms. The van der Waals surface area contributed by atoms with E-state index in [0.717, 1.165) is 6.42 Å². The third kappa shape index (κ3) is 4.67. The SMILES string of the molecule is C=CCN1C(=O)C(=Cc2cc(Cl)c(OC(C)CC)c(OC)c2)C(=O)NC1=S. The van der Waals surface area contributed by atoms with Crippen LogP contribution in [0.1, 0.15) is 25.8 Å². The van der Waals surface area contributed by atoms with Gasteiger partial charge >= 0.3 is 0 Å². The summed E-state index contributed by atoms with van der Waals surface area (Å²) in [7, 11) is 1.49. The summed E-state index contributed by atoms with van der Waals surface area (Å²) in [6.45, 7) is 7.71. The summed E-state index contributed by atoms with van der Waals surface area (Å²) in [5.74, 6) is -0.236. The van der Waals surface area contributed by atoms with Crippen molar-refractivity contribution in [3.63, 3.8) is 0 Å². The molecule has 1 aliphatic heterocycles. The predicted molar refractivity (Wildman–Crippen MR) is 109 cm³/mol. The highest BCUT2D eigenvalue weighted by atomic mass is 35.5. The van der Waals surface area contributed by atoms with Gasteiger partial charge in [-0.2, -0.15) is 0 Å². The highest BCUT2D eigenvalue weighted by Crippen LogP contribution is 2.38. The molecule has 2 rings (SSSR count). The molecule has 1 heterocycles. The van der Waals surface area contributed by atoms with E-state index in [-0.39, 0.29) is 23.3 Å². The lowest BCUT2D eigenvalue weighted by atomic mass is 10.1. The van der Waals surface area contributed by atoms with Crippen LogP contribution in [0.15, 0.2) is 30.4 Å². The molecular weight excluding hydrogens is 388 g/mol. The minimum Gasteiger partial charge on any atom is -0.493 e. The number of ether oxygens (including phenoxy) is 2. The second-order valence-electron chi connectivity index (χ2n) is 5.89. The molecule has 0 saturated carbocycles. The molecule has 0 bridgehead atoms. The Labute approximate surface area is 168 Å². The Morgan fingerprint density at radius 1 is 1.41 bits per heavy atom. The number of hydrogen-bond acceptors (Lipinski definition) is 5. The van der Waals surface area contributed by atoms with Crippen LogP contribution in [0, 0.1) is 0 Å². The summed E-state index contributed by atoms with van der Waals surface area (Å²) >= 11 is 11.4. The lowest BCUT2D eigenvalue weighted by Gasteiger charge is -2.27. The third-order valence-electron chi connectivity index (χ3n) is 3.95. The van der Waals surface area contributed by atoms with Crippen LogP contribution in [0.4, 0.5) is 0 Å². The first-order valence-corrected chi connectivity index (χ1v) is 9.14. The zero-order valence-corrected chi connectivity index (χ0v) is 16.9. The number of nitrogens with zero attached hydrogens (tertiary/aromatic N) is 1. The van der Waals surface area contributed by atoms with Crippen LogP contribution in [0.3, 0.4) is 0 Å². The summed E-state index contributed by atoms with van der Waals surface area (Å²) in [5, 5.41) is 2.87. The van der Waals surface area contributed by atoms with Crippen molar-refractivity contribution in [3.05, 3.63) is 40.9 Å². The number of carbonyl (C=O) groups is 2. The van der Waals surface area contributed by atoms with Gasteiger partial charge in [0, 0.05) is 6.54 Å². The van der Waals surface area contributed by atoms with E-state index in [1.165, 1.54) is 24.2 Å². The van der Waals surface area contributed by atoms with Crippen LogP contribution in [0.25, 0.3) is 6.08 Å². The molecule has 0 aromatic heterocycles. The highest BCUT2D eigenvalue weighted by molar-refractivity contribution is 7.80. The topological polar surface area (TPSA) is 67.9 Å². The minimum absolute atomic E-state index is 0.0419. The van der Waals surface area contributed by atoms with Crippen molar-refractivity contribution in [2.75, 3.05) is 13.7 Å². The fourth-order valence-corrected chi connectivity index (χ4v) is 2.89. The average Bonchev–Trinajstić information content (AvgIpc) is 2.63. The normalized spacial score (nSPS) is 17.0. The lowest BCUT2D eigenvalue weighted by molar-refractivity contribution is -0.128. The van der Waals surface area contributed by atoms with E-state index in [1.807, 2.05) is 13.8 Å². The molecule has 1 unspecified atom stereocenters. The van der Waals surface area contributed by atoms with Crippen LogP contribution in [-0.4, -0.2) is 41.6 Å². The Morgan fingerprint density at radius 2 is 2.11 bits per heavy atom. The van der Waals surface area contributed by atoms with Crippen LogP contribution in [-0.2, 0) is 9.59 Å². The van der Waals surface area contributed by atoms with E-state index in [0.29, 0.717) is 22.1 Å². The van der Waals surface area contributed by atoms with E-state index in [2.05, 4.69) is 11.9 Å². The van der Waals surface area contributed by atoms with Gasteiger partial charge in [0.05, 0.1) is 18.2 Å². The van der Waals surface area contributed by atoms with Crippen LogP contribution in [0.2, 0.25) is 5.02 Å². The van der Waals surface area contributed by atoms with Gasteiger partial charge in [-0.3, -0.25) is 19.8 Å². The van der Waals surface area contributed by atoms with Crippen molar-refractivity contribution in [3.8, 4) is 11.5 Å². The Hall–Kier alpha value is -2.38. The largest absolute Gasteiger partial charge is 0.493 e. The molecule has 6 nitrogen and oxygen atoms in total. The number of nitrogens with one attached hydrogen (secondary N) is 1. The number of thiocarbonyl (C=S) groups is 1. The molecule has 1 saturated heterocycles. The van der Waals surface area contributed by atoms with Crippen molar-refractivity contribution in [1.82, 2.24) is 10.2 Å². The lowest BCUT2D eigenvalue weighted by Crippen LogP contribution is -2.53. The molecule has 0 spiro atoms. The van der Waals surface area contributed by atoms with Gasteiger partial charge in [0.15, 0.2) is 16.6 Å².